The highest BCUT2D eigenvalue weighted by molar-refractivity contribution is 7.10. The Morgan fingerprint density at radius 2 is 1.69 bits per heavy atom. The number of carbonyl (C=O) groups is 4. The predicted octanol–water partition coefficient (Wildman–Crippen LogP) is 1.15. The Hall–Kier alpha value is -3.20. The first kappa shape index (κ1) is 19.1. The van der Waals surface area contributed by atoms with Crippen LogP contribution in [0, 0.1) is 0 Å². The van der Waals surface area contributed by atoms with Crippen molar-refractivity contribution in [3.63, 3.8) is 0 Å². The van der Waals surface area contributed by atoms with Gasteiger partial charge >= 0.3 is 0 Å². The summed E-state index contributed by atoms with van der Waals surface area (Å²) < 4.78 is 0. The van der Waals surface area contributed by atoms with Crippen molar-refractivity contribution in [2.24, 2.45) is 11.5 Å². The van der Waals surface area contributed by atoms with Gasteiger partial charge in [0.2, 0.25) is 23.6 Å². The van der Waals surface area contributed by atoms with Gasteiger partial charge < -0.3 is 22.1 Å². The third-order valence-electron chi connectivity index (χ3n) is 3.44. The highest BCUT2D eigenvalue weighted by Crippen LogP contribution is 2.23. The largest absolute Gasteiger partial charge is 0.366 e. The maximum Gasteiger partial charge on any atom is 0.248 e. The van der Waals surface area contributed by atoms with Crippen LogP contribution in [0.15, 0.2) is 35.7 Å². The van der Waals surface area contributed by atoms with E-state index in [0.29, 0.717) is 0 Å². The third kappa shape index (κ3) is 5.15. The van der Waals surface area contributed by atoms with Gasteiger partial charge in [-0.1, -0.05) is 6.07 Å². The minimum atomic E-state index is -0.752. The van der Waals surface area contributed by atoms with Gasteiger partial charge in [0.1, 0.15) is 0 Å². The summed E-state index contributed by atoms with van der Waals surface area (Å²) in [4.78, 5) is 47.4. The number of hydrogen-bond donors (Lipinski definition) is 4. The van der Waals surface area contributed by atoms with Gasteiger partial charge in [0.05, 0.1) is 12.5 Å². The Morgan fingerprint density at radius 3 is 2.15 bits per heavy atom. The number of carbonyl (C=O) groups excluding carboxylic acids is 4. The molecule has 1 aromatic carbocycles. The number of amides is 4. The first-order valence-corrected chi connectivity index (χ1v) is 8.49. The molecule has 0 bridgehead atoms. The van der Waals surface area contributed by atoms with Crippen molar-refractivity contribution in [2.75, 3.05) is 5.32 Å². The zero-order chi connectivity index (χ0) is 19.3. The maximum absolute atomic E-state index is 12.4. The Morgan fingerprint density at radius 1 is 1.08 bits per heavy atom. The SMILES string of the molecule is CC(=O)N[C@H](CC(=O)Nc1cc(C(N)=O)cc(C(N)=O)c1)c1cccs1. The average Bonchev–Trinajstić information content (AvgIpc) is 3.07. The monoisotopic (exact) mass is 374 g/mol. The number of anilines is 1. The van der Waals surface area contributed by atoms with Crippen LogP contribution in [0.5, 0.6) is 0 Å². The van der Waals surface area contributed by atoms with Crippen LogP contribution >= 0.6 is 11.3 Å². The lowest BCUT2D eigenvalue weighted by atomic mass is 10.1. The summed E-state index contributed by atoms with van der Waals surface area (Å²) in [6.07, 6.45) is -0.0210. The first-order valence-electron chi connectivity index (χ1n) is 7.61. The first-order chi connectivity index (χ1) is 12.3. The second kappa shape index (κ2) is 8.26. The Kier molecular flexibility index (Phi) is 6.07. The van der Waals surface area contributed by atoms with Gasteiger partial charge in [0, 0.05) is 28.6 Å². The predicted molar refractivity (Wildman–Crippen MR) is 97.6 cm³/mol. The molecule has 136 valence electrons. The summed E-state index contributed by atoms with van der Waals surface area (Å²) in [6, 6.07) is 7.12. The van der Waals surface area contributed by atoms with Gasteiger partial charge in [-0.2, -0.15) is 0 Å². The molecular formula is C17H18N4O4S. The fraction of sp³-hybridized carbons (Fsp3) is 0.176. The average molecular weight is 374 g/mol. The van der Waals surface area contributed by atoms with E-state index in [4.69, 9.17) is 11.5 Å². The molecule has 2 rings (SSSR count). The van der Waals surface area contributed by atoms with Crippen molar-refractivity contribution in [1.29, 1.82) is 0 Å². The summed E-state index contributed by atoms with van der Waals surface area (Å²) in [5, 5.41) is 7.16. The lowest BCUT2D eigenvalue weighted by molar-refractivity contribution is -0.120. The maximum atomic E-state index is 12.4. The summed E-state index contributed by atoms with van der Waals surface area (Å²) in [7, 11) is 0. The van der Waals surface area contributed by atoms with Gasteiger partial charge in [-0.15, -0.1) is 11.3 Å². The molecule has 1 heterocycles. The summed E-state index contributed by atoms with van der Waals surface area (Å²) in [5.41, 5.74) is 10.8. The summed E-state index contributed by atoms with van der Waals surface area (Å²) in [6.45, 7) is 1.37. The van der Waals surface area contributed by atoms with Crippen molar-refractivity contribution >= 4 is 40.7 Å². The molecule has 0 aliphatic rings. The van der Waals surface area contributed by atoms with Crippen LogP contribution in [0.3, 0.4) is 0 Å². The molecule has 0 unspecified atom stereocenters. The summed E-state index contributed by atoms with van der Waals surface area (Å²) >= 11 is 1.42. The zero-order valence-electron chi connectivity index (χ0n) is 13.9. The summed E-state index contributed by atoms with van der Waals surface area (Å²) in [5.74, 6) is -2.17. The number of benzene rings is 1. The van der Waals surface area contributed by atoms with E-state index in [1.807, 2.05) is 17.5 Å². The molecular weight excluding hydrogens is 356 g/mol. The van der Waals surface area contributed by atoms with Crippen molar-refractivity contribution < 1.29 is 19.2 Å². The zero-order valence-corrected chi connectivity index (χ0v) is 14.8. The molecule has 0 aliphatic carbocycles. The van der Waals surface area contributed by atoms with Crippen LogP contribution in [-0.4, -0.2) is 23.6 Å². The Labute approximate surface area is 153 Å². The smallest absolute Gasteiger partial charge is 0.248 e. The molecule has 0 fully saturated rings. The topological polar surface area (TPSA) is 144 Å². The lowest BCUT2D eigenvalue weighted by Gasteiger charge is -2.16. The van der Waals surface area contributed by atoms with Crippen LogP contribution in [0.25, 0.3) is 0 Å². The lowest BCUT2D eigenvalue weighted by Crippen LogP contribution is -2.29. The van der Waals surface area contributed by atoms with Crippen molar-refractivity contribution in [3.8, 4) is 0 Å². The normalized spacial score (nSPS) is 11.4. The van der Waals surface area contributed by atoms with Gasteiger partial charge in [-0.05, 0) is 29.6 Å². The van der Waals surface area contributed by atoms with E-state index in [9.17, 15) is 19.2 Å². The van der Waals surface area contributed by atoms with E-state index in [1.165, 1.54) is 36.5 Å². The molecule has 1 aromatic heterocycles. The molecule has 9 heteroatoms. The van der Waals surface area contributed by atoms with E-state index in [0.717, 1.165) is 4.88 Å². The molecule has 0 radical (unpaired) electrons. The van der Waals surface area contributed by atoms with Gasteiger partial charge in [-0.3, -0.25) is 19.2 Å². The van der Waals surface area contributed by atoms with Crippen molar-refractivity contribution in [3.05, 3.63) is 51.7 Å². The van der Waals surface area contributed by atoms with Crippen LogP contribution in [0.1, 0.15) is 45.0 Å². The van der Waals surface area contributed by atoms with E-state index in [-0.39, 0.29) is 29.1 Å². The fourth-order valence-corrected chi connectivity index (χ4v) is 3.12. The van der Waals surface area contributed by atoms with E-state index >= 15 is 0 Å². The molecule has 0 saturated heterocycles. The van der Waals surface area contributed by atoms with Gasteiger partial charge in [0.25, 0.3) is 0 Å². The second-order valence-electron chi connectivity index (χ2n) is 5.55. The van der Waals surface area contributed by atoms with Crippen LogP contribution < -0.4 is 22.1 Å². The number of nitrogens with two attached hydrogens (primary N) is 2. The molecule has 0 saturated carbocycles. The highest BCUT2D eigenvalue weighted by Gasteiger charge is 2.19. The number of primary amides is 2. The van der Waals surface area contributed by atoms with Crippen LogP contribution in [-0.2, 0) is 9.59 Å². The number of nitrogens with one attached hydrogen (secondary N) is 2. The van der Waals surface area contributed by atoms with Gasteiger partial charge in [0.15, 0.2) is 0 Å². The van der Waals surface area contributed by atoms with Crippen LogP contribution in [0.4, 0.5) is 5.69 Å². The van der Waals surface area contributed by atoms with E-state index in [2.05, 4.69) is 10.6 Å². The number of rotatable bonds is 7. The van der Waals surface area contributed by atoms with Crippen molar-refractivity contribution in [2.45, 2.75) is 19.4 Å². The Bertz CT molecular complexity index is 816. The highest BCUT2D eigenvalue weighted by atomic mass is 32.1. The number of thiophene rings is 1. The molecule has 8 nitrogen and oxygen atoms in total. The molecule has 26 heavy (non-hydrogen) atoms. The van der Waals surface area contributed by atoms with Crippen LogP contribution in [0.2, 0.25) is 0 Å². The standard InChI is InChI=1S/C17H18N4O4S/c1-9(22)20-13(14-3-2-4-26-14)8-15(23)21-12-6-10(16(18)24)5-11(7-12)17(19)25/h2-7,13H,8H2,1H3,(H2,18,24)(H2,19,25)(H,20,22)(H,21,23)/t13-/m1/s1. The van der Waals surface area contributed by atoms with E-state index < -0.39 is 23.8 Å². The van der Waals surface area contributed by atoms with Gasteiger partial charge in [-0.25, -0.2) is 0 Å². The minimum Gasteiger partial charge on any atom is -0.366 e. The molecule has 4 amide bonds. The molecule has 0 spiro atoms. The second-order valence-corrected chi connectivity index (χ2v) is 6.53. The molecule has 1 atom stereocenters. The quantitative estimate of drug-likeness (QED) is 0.576. The molecule has 0 aliphatic heterocycles. The molecule has 2 aromatic rings. The third-order valence-corrected chi connectivity index (χ3v) is 4.43. The number of hydrogen-bond acceptors (Lipinski definition) is 5. The Balaban J connectivity index is 2.19. The molecule has 6 N–H and O–H groups in total. The van der Waals surface area contributed by atoms with E-state index in [1.54, 1.807) is 0 Å². The minimum absolute atomic E-state index is 0.0210. The fourth-order valence-electron chi connectivity index (χ4n) is 2.34. The van der Waals surface area contributed by atoms with Crippen molar-refractivity contribution in [1.82, 2.24) is 5.32 Å².